The molecule has 3 atom stereocenters. The average molecular weight is 307 g/mol. The van der Waals surface area contributed by atoms with Gasteiger partial charge in [0.1, 0.15) is 6.04 Å². The van der Waals surface area contributed by atoms with Crippen LogP contribution in [0, 0.1) is 12.8 Å². The Labute approximate surface area is 128 Å². The summed E-state index contributed by atoms with van der Waals surface area (Å²) in [6.07, 6.45) is 4.95. The van der Waals surface area contributed by atoms with Crippen molar-refractivity contribution >= 4 is 17.8 Å². The van der Waals surface area contributed by atoms with E-state index < -0.39 is 12.0 Å². The van der Waals surface area contributed by atoms with E-state index in [-0.39, 0.29) is 18.5 Å². The number of aromatic nitrogens is 1. The number of hydrogen-bond acceptors (Lipinski definition) is 5. The Morgan fingerprint density at radius 1 is 1.45 bits per heavy atom. The first-order valence-corrected chi connectivity index (χ1v) is 7.76. The SMILES string of the molecule is Cc1cc(NC(=O)CN2[C@H](C(=O)O)C[C@@H]3CCCC[C@@H]32)on1. The minimum atomic E-state index is -0.835. The number of nitrogens with zero attached hydrogens (tertiary/aromatic N) is 2. The van der Waals surface area contributed by atoms with Gasteiger partial charge in [-0.05, 0) is 32.1 Å². The van der Waals surface area contributed by atoms with Crippen LogP contribution in [0.1, 0.15) is 37.8 Å². The molecule has 0 unspecified atom stereocenters. The largest absolute Gasteiger partial charge is 0.480 e. The molecule has 1 aromatic heterocycles. The summed E-state index contributed by atoms with van der Waals surface area (Å²) in [4.78, 5) is 25.5. The van der Waals surface area contributed by atoms with Crippen molar-refractivity contribution in [2.45, 2.75) is 51.1 Å². The first kappa shape index (κ1) is 15.0. The second-order valence-electron chi connectivity index (χ2n) is 6.25. The zero-order chi connectivity index (χ0) is 15.7. The predicted molar refractivity (Wildman–Crippen MR) is 78.4 cm³/mol. The van der Waals surface area contributed by atoms with E-state index in [9.17, 15) is 14.7 Å². The topological polar surface area (TPSA) is 95.7 Å². The number of carboxylic acid groups (broad SMARTS) is 1. The molecule has 2 fully saturated rings. The number of hydrogen-bond donors (Lipinski definition) is 2. The summed E-state index contributed by atoms with van der Waals surface area (Å²) in [6.45, 7) is 1.85. The summed E-state index contributed by atoms with van der Waals surface area (Å²) in [5.74, 6) is -0.393. The number of rotatable bonds is 4. The van der Waals surface area contributed by atoms with Gasteiger partial charge in [0.25, 0.3) is 0 Å². The molecule has 1 amide bonds. The second-order valence-corrected chi connectivity index (χ2v) is 6.25. The van der Waals surface area contributed by atoms with Crippen LogP contribution < -0.4 is 5.32 Å². The van der Waals surface area contributed by atoms with Crippen LogP contribution in [-0.4, -0.2) is 45.7 Å². The number of carbonyl (C=O) groups excluding carboxylic acids is 1. The molecule has 1 saturated carbocycles. The van der Waals surface area contributed by atoms with E-state index >= 15 is 0 Å². The lowest BCUT2D eigenvalue weighted by molar-refractivity contribution is -0.143. The van der Waals surface area contributed by atoms with Gasteiger partial charge in [0.2, 0.25) is 11.8 Å². The molecule has 2 heterocycles. The Morgan fingerprint density at radius 2 is 2.23 bits per heavy atom. The molecule has 1 aliphatic carbocycles. The third-order valence-corrected chi connectivity index (χ3v) is 4.72. The van der Waals surface area contributed by atoms with E-state index in [2.05, 4.69) is 10.5 Å². The number of amides is 1. The Kier molecular flexibility index (Phi) is 4.15. The summed E-state index contributed by atoms with van der Waals surface area (Å²) >= 11 is 0. The van der Waals surface area contributed by atoms with Crippen molar-refractivity contribution in [3.05, 3.63) is 11.8 Å². The summed E-state index contributed by atoms with van der Waals surface area (Å²) < 4.78 is 4.96. The van der Waals surface area contributed by atoms with Gasteiger partial charge in [-0.3, -0.25) is 19.8 Å². The third kappa shape index (κ3) is 2.99. The molecular formula is C15H21N3O4. The molecule has 2 aliphatic rings. The summed E-state index contributed by atoms with van der Waals surface area (Å²) in [7, 11) is 0. The lowest BCUT2D eigenvalue weighted by atomic mass is 9.85. The van der Waals surface area contributed by atoms with Gasteiger partial charge < -0.3 is 9.63 Å². The number of nitrogens with one attached hydrogen (secondary N) is 1. The fraction of sp³-hybridized carbons (Fsp3) is 0.667. The van der Waals surface area contributed by atoms with Gasteiger partial charge in [-0.15, -0.1) is 0 Å². The molecule has 3 rings (SSSR count). The van der Waals surface area contributed by atoms with E-state index in [1.807, 2.05) is 4.90 Å². The number of carbonyl (C=O) groups is 2. The number of fused-ring (bicyclic) bond motifs is 1. The van der Waals surface area contributed by atoms with Crippen LogP contribution in [0.4, 0.5) is 5.88 Å². The van der Waals surface area contributed by atoms with Crippen molar-refractivity contribution in [1.82, 2.24) is 10.1 Å². The average Bonchev–Trinajstić information content (AvgIpc) is 3.03. The van der Waals surface area contributed by atoms with Crippen molar-refractivity contribution in [3.63, 3.8) is 0 Å². The van der Waals surface area contributed by atoms with Gasteiger partial charge in [0, 0.05) is 12.1 Å². The summed E-state index contributed by atoms with van der Waals surface area (Å²) in [6, 6.07) is 1.28. The van der Waals surface area contributed by atoms with E-state index in [1.54, 1.807) is 13.0 Å². The molecule has 0 radical (unpaired) electrons. The van der Waals surface area contributed by atoms with Gasteiger partial charge in [0.15, 0.2) is 0 Å². The highest BCUT2D eigenvalue weighted by molar-refractivity contribution is 5.91. The molecule has 0 aromatic carbocycles. The van der Waals surface area contributed by atoms with E-state index in [0.717, 1.165) is 25.7 Å². The summed E-state index contributed by atoms with van der Waals surface area (Å²) in [5, 5.41) is 15.8. The quantitative estimate of drug-likeness (QED) is 0.878. The number of anilines is 1. The first-order valence-electron chi connectivity index (χ1n) is 7.76. The van der Waals surface area contributed by atoms with Gasteiger partial charge in [-0.25, -0.2) is 0 Å². The number of likely N-dealkylation sites (tertiary alicyclic amines) is 1. The molecule has 7 heteroatoms. The lowest BCUT2D eigenvalue weighted by Gasteiger charge is -2.32. The van der Waals surface area contributed by atoms with E-state index in [4.69, 9.17) is 4.52 Å². The third-order valence-electron chi connectivity index (χ3n) is 4.72. The van der Waals surface area contributed by atoms with Crippen LogP contribution >= 0.6 is 0 Å². The zero-order valence-corrected chi connectivity index (χ0v) is 12.6. The molecule has 0 bridgehead atoms. The van der Waals surface area contributed by atoms with Crippen molar-refractivity contribution < 1.29 is 19.2 Å². The Bertz CT molecular complexity index is 571. The Balaban J connectivity index is 1.67. The van der Waals surface area contributed by atoms with Crippen LogP contribution in [0.2, 0.25) is 0 Å². The fourth-order valence-electron chi connectivity index (χ4n) is 3.79. The van der Waals surface area contributed by atoms with Gasteiger partial charge in [-0.2, -0.15) is 0 Å². The second kappa shape index (κ2) is 6.08. The number of aryl methyl sites for hydroxylation is 1. The Morgan fingerprint density at radius 3 is 2.91 bits per heavy atom. The minimum absolute atomic E-state index is 0.0812. The van der Waals surface area contributed by atoms with Gasteiger partial charge in [-0.1, -0.05) is 18.0 Å². The van der Waals surface area contributed by atoms with Crippen molar-refractivity contribution in [1.29, 1.82) is 0 Å². The first-order chi connectivity index (χ1) is 10.5. The molecule has 2 N–H and O–H groups in total. The molecule has 1 saturated heterocycles. The van der Waals surface area contributed by atoms with Crippen LogP contribution in [0.25, 0.3) is 0 Å². The fourth-order valence-corrected chi connectivity index (χ4v) is 3.79. The van der Waals surface area contributed by atoms with Gasteiger partial charge >= 0.3 is 5.97 Å². The van der Waals surface area contributed by atoms with Gasteiger partial charge in [0.05, 0.1) is 12.2 Å². The highest BCUT2D eigenvalue weighted by Crippen LogP contribution is 2.39. The molecule has 0 spiro atoms. The Hall–Kier alpha value is -1.89. The van der Waals surface area contributed by atoms with E-state index in [0.29, 0.717) is 23.9 Å². The van der Waals surface area contributed by atoms with Crippen LogP contribution in [-0.2, 0) is 9.59 Å². The van der Waals surface area contributed by atoms with Crippen molar-refractivity contribution in [2.24, 2.45) is 5.92 Å². The van der Waals surface area contributed by atoms with E-state index in [1.165, 1.54) is 0 Å². The highest BCUT2D eigenvalue weighted by Gasteiger charge is 2.45. The molecule has 7 nitrogen and oxygen atoms in total. The van der Waals surface area contributed by atoms with Crippen LogP contribution in [0.5, 0.6) is 0 Å². The van der Waals surface area contributed by atoms with Crippen molar-refractivity contribution in [3.8, 4) is 0 Å². The lowest BCUT2D eigenvalue weighted by Crippen LogP contribution is -2.46. The molecule has 22 heavy (non-hydrogen) atoms. The molecule has 1 aliphatic heterocycles. The smallest absolute Gasteiger partial charge is 0.320 e. The van der Waals surface area contributed by atoms with Crippen LogP contribution in [0.15, 0.2) is 10.6 Å². The monoisotopic (exact) mass is 307 g/mol. The minimum Gasteiger partial charge on any atom is -0.480 e. The summed E-state index contributed by atoms with van der Waals surface area (Å²) in [5.41, 5.74) is 0.687. The number of aliphatic carboxylic acids is 1. The normalized spacial score (nSPS) is 28.3. The standard InChI is InChI=1S/C15H21N3O4/c1-9-6-14(22-17-9)16-13(19)8-18-11-5-3-2-4-10(11)7-12(18)15(20)21/h6,10-12H,2-5,7-8H2,1H3,(H,16,19)(H,20,21)/t10-,11-,12-/m0/s1. The maximum absolute atomic E-state index is 12.2. The molecule has 120 valence electrons. The number of carboxylic acids is 1. The predicted octanol–water partition coefficient (Wildman–Crippen LogP) is 1.64. The van der Waals surface area contributed by atoms with Crippen LogP contribution in [0.3, 0.4) is 0 Å². The molecule has 1 aromatic rings. The maximum Gasteiger partial charge on any atom is 0.320 e. The zero-order valence-electron chi connectivity index (χ0n) is 12.6. The maximum atomic E-state index is 12.2. The highest BCUT2D eigenvalue weighted by atomic mass is 16.5. The van der Waals surface area contributed by atoms with Crippen molar-refractivity contribution in [2.75, 3.05) is 11.9 Å². The molecular weight excluding hydrogens is 286 g/mol.